The van der Waals surface area contributed by atoms with E-state index in [2.05, 4.69) is 26.0 Å². The lowest BCUT2D eigenvalue weighted by atomic mass is 10.1. The van der Waals surface area contributed by atoms with Crippen molar-refractivity contribution in [2.45, 2.75) is 25.7 Å². The Morgan fingerprint density at radius 2 is 1.93 bits per heavy atom. The molecule has 0 aliphatic carbocycles. The molecule has 0 spiro atoms. The molecule has 2 aromatic heterocycles. The number of rotatable bonds is 7. The number of unbranched alkanes of at least 4 members (excludes halogenated alkanes) is 1. The van der Waals surface area contributed by atoms with Gasteiger partial charge in [0.05, 0.1) is 15.9 Å². The van der Waals surface area contributed by atoms with Crippen LogP contribution in [0.3, 0.4) is 0 Å². The lowest BCUT2D eigenvalue weighted by Gasteiger charge is -2.08. The van der Waals surface area contributed by atoms with Crippen LogP contribution in [0.15, 0.2) is 47.1 Å². The highest BCUT2D eigenvalue weighted by molar-refractivity contribution is 9.10. The maximum Gasteiger partial charge on any atom is 0.303 e. The Hall–Kier alpha value is -2.61. The van der Waals surface area contributed by atoms with Crippen LogP contribution in [0.5, 0.6) is 0 Å². The van der Waals surface area contributed by atoms with Gasteiger partial charge >= 0.3 is 5.97 Å². The second-order valence-corrected chi connectivity index (χ2v) is 6.74. The monoisotopic (exact) mass is 435 g/mol. The molecule has 0 aliphatic heterocycles. The van der Waals surface area contributed by atoms with Crippen LogP contribution in [0, 0.1) is 11.8 Å². The van der Waals surface area contributed by atoms with Gasteiger partial charge in [-0.25, -0.2) is 14.1 Å². The van der Waals surface area contributed by atoms with Crippen molar-refractivity contribution in [3.05, 3.63) is 64.5 Å². The van der Waals surface area contributed by atoms with Crippen molar-refractivity contribution in [2.24, 2.45) is 0 Å². The quantitative estimate of drug-likeness (QED) is 0.428. The van der Waals surface area contributed by atoms with Gasteiger partial charge in [0.25, 0.3) is 0 Å². The van der Waals surface area contributed by atoms with Gasteiger partial charge in [-0.2, -0.15) is 9.49 Å². The van der Waals surface area contributed by atoms with E-state index in [1.54, 1.807) is 24.3 Å². The zero-order valence-electron chi connectivity index (χ0n) is 14.2. The lowest BCUT2D eigenvalue weighted by molar-refractivity contribution is -0.137. The molecule has 0 bridgehead atoms. The summed E-state index contributed by atoms with van der Waals surface area (Å²) in [6.07, 6.45) is 3.11. The number of carboxylic acids is 1. The number of carboxylic acid groups (broad SMARTS) is 1. The molecule has 0 unspecified atom stereocenters. The third-order valence-electron chi connectivity index (χ3n) is 4.03. The van der Waals surface area contributed by atoms with Gasteiger partial charge in [0.15, 0.2) is 0 Å². The molecule has 0 amide bonds. The topological polar surface area (TPSA) is 68.0 Å². The van der Waals surface area contributed by atoms with E-state index < -0.39 is 17.7 Å². The Morgan fingerprint density at radius 1 is 1.15 bits per heavy atom. The third kappa shape index (κ3) is 4.39. The van der Waals surface area contributed by atoms with E-state index in [1.165, 1.54) is 23.0 Å². The van der Waals surface area contributed by atoms with Crippen molar-refractivity contribution in [1.29, 1.82) is 0 Å². The summed E-state index contributed by atoms with van der Waals surface area (Å²) < 4.78 is 29.7. The molecule has 0 fully saturated rings. The summed E-state index contributed by atoms with van der Waals surface area (Å²) in [5, 5.41) is 13.3. The molecule has 0 radical (unpaired) electrons. The van der Waals surface area contributed by atoms with Crippen molar-refractivity contribution < 1.29 is 18.7 Å². The van der Waals surface area contributed by atoms with Crippen LogP contribution in [0.4, 0.5) is 8.78 Å². The minimum absolute atomic E-state index is 0.0837. The van der Waals surface area contributed by atoms with Crippen LogP contribution in [0.2, 0.25) is 0 Å². The van der Waals surface area contributed by atoms with E-state index in [-0.39, 0.29) is 12.1 Å². The molecular weight excluding hydrogens is 420 g/mol. The zero-order valence-corrected chi connectivity index (χ0v) is 15.8. The first-order chi connectivity index (χ1) is 13.0. The lowest BCUT2D eigenvalue weighted by Crippen LogP contribution is -2.03. The number of nitrogens with zero attached hydrogens (tertiary/aromatic N) is 3. The van der Waals surface area contributed by atoms with Gasteiger partial charge in [0.1, 0.15) is 11.5 Å². The maximum absolute atomic E-state index is 14.4. The fourth-order valence-electron chi connectivity index (χ4n) is 2.74. The number of benzene rings is 1. The standard InChI is InChI=1S/C19H16BrF2N3O2/c20-18-14(6-2-4-8-17(26)27)24-25(15-7-3-1-5-13(15)21)19(18)12-9-10-16(22)23-11-12/h1,3,5,7,9-11H,2,4,6,8H2,(H,26,27). The molecule has 27 heavy (non-hydrogen) atoms. The number of carbonyl (C=O) groups is 1. The molecule has 0 aliphatic rings. The Balaban J connectivity index is 2.02. The predicted molar refractivity (Wildman–Crippen MR) is 99.6 cm³/mol. The first-order valence-corrected chi connectivity index (χ1v) is 9.12. The number of aryl methyl sites for hydroxylation is 1. The van der Waals surface area contributed by atoms with Crippen molar-refractivity contribution >= 4 is 21.9 Å². The summed E-state index contributed by atoms with van der Waals surface area (Å²) in [7, 11) is 0. The first-order valence-electron chi connectivity index (χ1n) is 8.33. The summed E-state index contributed by atoms with van der Waals surface area (Å²) in [6.45, 7) is 0. The van der Waals surface area contributed by atoms with Crippen molar-refractivity contribution in [3.63, 3.8) is 0 Å². The van der Waals surface area contributed by atoms with Crippen molar-refractivity contribution in [1.82, 2.24) is 14.8 Å². The Labute approximate surface area is 162 Å². The first kappa shape index (κ1) is 19.2. The minimum atomic E-state index is -0.843. The van der Waals surface area contributed by atoms with E-state index in [4.69, 9.17) is 5.11 Å². The van der Waals surface area contributed by atoms with E-state index >= 15 is 0 Å². The van der Waals surface area contributed by atoms with Crippen LogP contribution >= 0.6 is 15.9 Å². The van der Waals surface area contributed by atoms with E-state index in [0.29, 0.717) is 40.7 Å². The average Bonchev–Trinajstić information content (AvgIpc) is 2.96. The SMILES string of the molecule is O=C(O)CCCCc1nn(-c2ccccc2F)c(-c2ccc(F)nc2)c1Br. The molecule has 1 N–H and O–H groups in total. The maximum atomic E-state index is 14.4. The summed E-state index contributed by atoms with van der Waals surface area (Å²) >= 11 is 3.52. The highest BCUT2D eigenvalue weighted by Gasteiger charge is 2.20. The number of hydrogen-bond donors (Lipinski definition) is 1. The van der Waals surface area contributed by atoms with Crippen molar-refractivity contribution in [2.75, 3.05) is 0 Å². The van der Waals surface area contributed by atoms with Crippen LogP contribution < -0.4 is 0 Å². The van der Waals surface area contributed by atoms with Gasteiger partial charge in [-0.1, -0.05) is 12.1 Å². The fourth-order valence-corrected chi connectivity index (χ4v) is 3.41. The molecule has 2 heterocycles. The molecule has 3 rings (SSSR count). The summed E-state index contributed by atoms with van der Waals surface area (Å²) in [5.74, 6) is -1.90. The van der Waals surface area contributed by atoms with Gasteiger partial charge in [-0.05, 0) is 59.5 Å². The van der Waals surface area contributed by atoms with E-state index in [9.17, 15) is 13.6 Å². The largest absolute Gasteiger partial charge is 0.481 e. The third-order valence-corrected chi connectivity index (χ3v) is 4.86. The number of para-hydroxylation sites is 1. The Kier molecular flexibility index (Phi) is 5.95. The smallest absolute Gasteiger partial charge is 0.303 e. The second-order valence-electron chi connectivity index (χ2n) is 5.94. The minimum Gasteiger partial charge on any atom is -0.481 e. The molecule has 8 heteroatoms. The zero-order chi connectivity index (χ0) is 19.4. The molecule has 1 aromatic carbocycles. The molecule has 3 aromatic rings. The van der Waals surface area contributed by atoms with Gasteiger partial charge in [0, 0.05) is 18.2 Å². The summed E-state index contributed by atoms with van der Waals surface area (Å²) in [5.41, 5.74) is 2.06. The molecular formula is C19H16BrF2N3O2. The molecule has 0 saturated heterocycles. The van der Waals surface area contributed by atoms with E-state index in [0.717, 1.165) is 0 Å². The molecule has 5 nitrogen and oxygen atoms in total. The summed E-state index contributed by atoms with van der Waals surface area (Å²) in [4.78, 5) is 14.3. The number of aromatic nitrogens is 3. The highest BCUT2D eigenvalue weighted by atomic mass is 79.9. The predicted octanol–water partition coefficient (Wildman–Crippen LogP) is 4.77. The molecule has 140 valence electrons. The Morgan fingerprint density at radius 3 is 2.59 bits per heavy atom. The fraction of sp³-hybridized carbons (Fsp3) is 0.211. The second kappa shape index (κ2) is 8.39. The van der Waals surface area contributed by atoms with Crippen LogP contribution in [0.25, 0.3) is 16.9 Å². The van der Waals surface area contributed by atoms with Crippen LogP contribution in [0.1, 0.15) is 25.0 Å². The van der Waals surface area contributed by atoms with Crippen molar-refractivity contribution in [3.8, 4) is 16.9 Å². The molecule has 0 saturated carbocycles. The number of hydrogen-bond acceptors (Lipinski definition) is 3. The van der Waals surface area contributed by atoms with Gasteiger partial charge in [-0.15, -0.1) is 0 Å². The number of aliphatic carboxylic acids is 1. The number of pyridine rings is 1. The average molecular weight is 436 g/mol. The van der Waals surface area contributed by atoms with Gasteiger partial charge in [0.2, 0.25) is 5.95 Å². The van der Waals surface area contributed by atoms with Gasteiger partial charge in [-0.3, -0.25) is 4.79 Å². The van der Waals surface area contributed by atoms with Crippen LogP contribution in [-0.2, 0) is 11.2 Å². The Bertz CT molecular complexity index is 958. The van der Waals surface area contributed by atoms with Gasteiger partial charge < -0.3 is 5.11 Å². The van der Waals surface area contributed by atoms with E-state index in [1.807, 2.05) is 0 Å². The normalized spacial score (nSPS) is 10.9. The molecule has 0 atom stereocenters. The van der Waals surface area contributed by atoms with Crippen LogP contribution in [-0.4, -0.2) is 25.8 Å². The summed E-state index contributed by atoms with van der Waals surface area (Å²) in [6, 6.07) is 9.01. The highest BCUT2D eigenvalue weighted by Crippen LogP contribution is 2.34. The number of halogens is 3.